The third kappa shape index (κ3) is 7.21. The summed E-state index contributed by atoms with van der Waals surface area (Å²) < 4.78 is 50.0. The van der Waals surface area contributed by atoms with Crippen LogP contribution in [0.25, 0.3) is 0 Å². The molecule has 0 fully saturated rings. The van der Waals surface area contributed by atoms with E-state index in [9.17, 15) is 18.0 Å². The number of halogens is 4. The maximum Gasteiger partial charge on any atom is 0.416 e. The average molecular weight is 490 g/mol. The molecule has 3 N–H and O–H groups in total. The molecule has 1 amide bonds. The van der Waals surface area contributed by atoms with Crippen LogP contribution >= 0.6 is 15.9 Å². The molecule has 2 rings (SSSR count). The Kier molecular flexibility index (Phi) is 8.98. The van der Waals surface area contributed by atoms with Crippen molar-refractivity contribution < 1.29 is 32.8 Å². The zero-order valence-electron chi connectivity index (χ0n) is 16.8. The molecule has 9 heteroatoms. The van der Waals surface area contributed by atoms with E-state index in [0.29, 0.717) is 16.0 Å². The van der Waals surface area contributed by atoms with Crippen molar-refractivity contribution in [2.45, 2.75) is 32.5 Å². The van der Waals surface area contributed by atoms with Gasteiger partial charge in [-0.2, -0.15) is 13.2 Å². The topological polar surface area (TPSA) is 64.2 Å². The molecule has 0 unspecified atom stereocenters. The molecule has 30 heavy (non-hydrogen) atoms. The molecule has 0 heterocycles. The number of hydrogen-bond donors (Lipinski definition) is 2. The number of quaternary nitrogens is 1. The Hall–Kier alpha value is -2.26. The van der Waals surface area contributed by atoms with Crippen LogP contribution in [-0.4, -0.2) is 26.2 Å². The average Bonchev–Trinajstić information content (AvgIpc) is 2.69. The van der Waals surface area contributed by atoms with E-state index in [2.05, 4.69) is 33.5 Å². The number of nitrogens with two attached hydrogens (primary N) is 1. The molecule has 0 saturated heterocycles. The number of benzene rings is 2. The fourth-order valence-electron chi connectivity index (χ4n) is 2.76. The first-order valence-electron chi connectivity index (χ1n) is 9.52. The molecular weight excluding hydrogens is 465 g/mol. The fourth-order valence-corrected chi connectivity index (χ4v) is 3.36. The summed E-state index contributed by atoms with van der Waals surface area (Å²) in [6.45, 7) is 3.58. The highest BCUT2D eigenvalue weighted by Crippen LogP contribution is 2.36. The molecule has 0 aliphatic heterocycles. The Labute approximate surface area is 182 Å². The normalized spacial score (nSPS) is 11.3. The summed E-state index contributed by atoms with van der Waals surface area (Å²) in [6, 6.07) is 8.16. The Morgan fingerprint density at radius 3 is 2.67 bits per heavy atom. The number of methoxy groups -OCH3 is 1. The van der Waals surface area contributed by atoms with Crippen molar-refractivity contribution in [3.05, 3.63) is 52.0 Å². The highest BCUT2D eigenvalue weighted by Gasteiger charge is 2.30. The number of alkyl halides is 3. The zero-order chi connectivity index (χ0) is 22.1. The van der Waals surface area contributed by atoms with Crippen molar-refractivity contribution in [3.63, 3.8) is 0 Å². The number of anilines is 1. The van der Waals surface area contributed by atoms with Gasteiger partial charge in [-0.05, 0) is 52.7 Å². The van der Waals surface area contributed by atoms with Gasteiger partial charge in [-0.25, -0.2) is 0 Å². The number of carbonyl (C=O) groups is 1. The second-order valence-corrected chi connectivity index (χ2v) is 7.51. The van der Waals surface area contributed by atoms with Gasteiger partial charge in [0.25, 0.3) is 5.91 Å². The van der Waals surface area contributed by atoms with Crippen molar-refractivity contribution in [1.82, 2.24) is 0 Å². The summed E-state index contributed by atoms with van der Waals surface area (Å²) in [4.78, 5) is 12.1. The molecule has 0 bridgehead atoms. The Bertz CT molecular complexity index is 860. The number of carbonyl (C=O) groups excluding carboxylic acids is 1. The Morgan fingerprint density at radius 2 is 2.00 bits per heavy atom. The molecule has 0 saturated carbocycles. The number of rotatable bonds is 10. The zero-order valence-corrected chi connectivity index (χ0v) is 18.4. The predicted octanol–water partition coefficient (Wildman–Crippen LogP) is 4.36. The smallest absolute Gasteiger partial charge is 0.416 e. The lowest BCUT2D eigenvalue weighted by molar-refractivity contribution is -0.670. The first-order valence-corrected chi connectivity index (χ1v) is 10.3. The summed E-state index contributed by atoms with van der Waals surface area (Å²) in [7, 11) is 1.50. The molecule has 164 valence electrons. The summed E-state index contributed by atoms with van der Waals surface area (Å²) in [5.41, 5.74) is 0.245. The van der Waals surface area contributed by atoms with Crippen LogP contribution in [0.4, 0.5) is 18.9 Å². The minimum absolute atomic E-state index is 0.0439. The Morgan fingerprint density at radius 1 is 1.23 bits per heavy atom. The number of hydrogen-bond acceptors (Lipinski definition) is 3. The minimum Gasteiger partial charge on any atom is -0.493 e. The molecule has 0 radical (unpaired) electrons. The molecule has 0 aromatic heterocycles. The van der Waals surface area contributed by atoms with E-state index in [1.807, 2.05) is 12.1 Å². The molecule has 5 nitrogen and oxygen atoms in total. The van der Waals surface area contributed by atoms with E-state index in [4.69, 9.17) is 9.47 Å². The van der Waals surface area contributed by atoms with Gasteiger partial charge in [-0.15, -0.1) is 0 Å². The second-order valence-electron chi connectivity index (χ2n) is 6.66. The van der Waals surface area contributed by atoms with Crippen LogP contribution in [0.2, 0.25) is 0 Å². The molecule has 0 aliphatic rings. The molecule has 2 aromatic carbocycles. The predicted molar refractivity (Wildman–Crippen MR) is 112 cm³/mol. The quantitative estimate of drug-likeness (QED) is 0.487. The van der Waals surface area contributed by atoms with Gasteiger partial charge < -0.3 is 20.1 Å². The van der Waals surface area contributed by atoms with Crippen LogP contribution < -0.4 is 20.1 Å². The van der Waals surface area contributed by atoms with Crippen LogP contribution in [0.15, 0.2) is 40.9 Å². The third-order valence-electron chi connectivity index (χ3n) is 4.25. The number of ether oxygens (including phenoxy) is 2. The second kappa shape index (κ2) is 11.2. The first kappa shape index (κ1) is 24.0. The van der Waals surface area contributed by atoms with Crippen molar-refractivity contribution in [2.75, 3.05) is 25.6 Å². The number of unbranched alkanes of at least 4 members (excludes halogenated alkanes) is 1. The van der Waals surface area contributed by atoms with Gasteiger partial charge in [0.2, 0.25) is 0 Å². The van der Waals surface area contributed by atoms with Crippen LogP contribution in [-0.2, 0) is 17.5 Å². The highest BCUT2D eigenvalue weighted by atomic mass is 79.9. The Balaban J connectivity index is 2.00. The van der Waals surface area contributed by atoms with Crippen molar-refractivity contribution >= 4 is 27.5 Å². The lowest BCUT2D eigenvalue weighted by Gasteiger charge is -2.14. The SMILES string of the molecule is CCCC[NH2+]Cc1cc(Br)c(OCC(=O)Nc2cccc(C(F)(F)F)c2)c(OC)c1. The summed E-state index contributed by atoms with van der Waals surface area (Å²) in [5, 5.41) is 4.61. The van der Waals surface area contributed by atoms with Gasteiger partial charge in [0.15, 0.2) is 18.1 Å². The van der Waals surface area contributed by atoms with Crippen molar-refractivity contribution in [2.24, 2.45) is 0 Å². The van der Waals surface area contributed by atoms with Crippen LogP contribution in [0.1, 0.15) is 30.9 Å². The summed E-state index contributed by atoms with van der Waals surface area (Å²) in [5.74, 6) is 0.240. The van der Waals surface area contributed by atoms with E-state index in [-0.39, 0.29) is 12.3 Å². The van der Waals surface area contributed by atoms with Gasteiger partial charge in [-0.1, -0.05) is 19.4 Å². The van der Waals surface area contributed by atoms with E-state index in [0.717, 1.165) is 43.6 Å². The van der Waals surface area contributed by atoms with Gasteiger partial charge in [0.05, 0.1) is 23.7 Å². The van der Waals surface area contributed by atoms with E-state index in [1.54, 1.807) is 0 Å². The minimum atomic E-state index is -4.48. The number of amides is 1. The molecular formula is C21H25BrF3N2O3+. The molecule has 0 atom stereocenters. The lowest BCUT2D eigenvalue weighted by Crippen LogP contribution is -2.82. The van der Waals surface area contributed by atoms with Crippen molar-refractivity contribution in [1.29, 1.82) is 0 Å². The van der Waals surface area contributed by atoms with E-state index >= 15 is 0 Å². The third-order valence-corrected chi connectivity index (χ3v) is 4.84. The monoisotopic (exact) mass is 489 g/mol. The largest absolute Gasteiger partial charge is 0.493 e. The van der Waals surface area contributed by atoms with Crippen LogP contribution in [0.3, 0.4) is 0 Å². The van der Waals surface area contributed by atoms with Gasteiger partial charge in [0.1, 0.15) is 6.54 Å². The number of nitrogens with one attached hydrogen (secondary N) is 1. The highest BCUT2D eigenvalue weighted by molar-refractivity contribution is 9.10. The first-order chi connectivity index (χ1) is 14.2. The van der Waals surface area contributed by atoms with E-state index < -0.39 is 17.6 Å². The van der Waals surface area contributed by atoms with Crippen LogP contribution in [0, 0.1) is 0 Å². The van der Waals surface area contributed by atoms with Gasteiger partial charge in [0, 0.05) is 11.3 Å². The van der Waals surface area contributed by atoms with Crippen molar-refractivity contribution in [3.8, 4) is 11.5 Å². The standard InChI is InChI=1S/C21H24BrF3N2O3/c1-3-4-8-26-12-14-9-17(22)20(18(10-14)29-2)30-13-19(28)27-16-7-5-6-15(11-16)21(23,24)25/h5-7,9-11,26H,3-4,8,12-13H2,1-2H3,(H,27,28)/p+1. The maximum atomic E-state index is 12.8. The van der Waals surface area contributed by atoms with Crippen LogP contribution in [0.5, 0.6) is 11.5 Å². The van der Waals surface area contributed by atoms with Gasteiger partial charge in [-0.3, -0.25) is 4.79 Å². The molecule has 0 spiro atoms. The lowest BCUT2D eigenvalue weighted by atomic mass is 10.2. The fraction of sp³-hybridized carbons (Fsp3) is 0.381. The van der Waals surface area contributed by atoms with Gasteiger partial charge >= 0.3 is 6.18 Å². The van der Waals surface area contributed by atoms with E-state index in [1.165, 1.54) is 19.2 Å². The summed E-state index contributed by atoms with van der Waals surface area (Å²) >= 11 is 3.43. The molecule has 2 aromatic rings. The summed E-state index contributed by atoms with van der Waals surface area (Å²) in [6.07, 6.45) is -2.20. The molecule has 0 aliphatic carbocycles. The maximum absolute atomic E-state index is 12.8.